The molecule has 1 radical (unpaired) electrons. The average molecular weight is 334 g/mol. The Kier molecular flexibility index (Phi) is 3.71. The molecule has 0 saturated carbocycles. The van der Waals surface area contributed by atoms with Gasteiger partial charge in [0.25, 0.3) is 0 Å². The zero-order chi connectivity index (χ0) is 12.4. The Morgan fingerprint density at radius 3 is 3.00 bits per heavy atom. The molecular weight excluding hydrogens is 321 g/mol. The SMILES string of the molecule is CCOC(=O)c1cnn2c(C)cc([CH2][InH])nc12. The Labute approximate surface area is 114 Å². The summed E-state index contributed by atoms with van der Waals surface area (Å²) in [7, 11) is 0. The van der Waals surface area contributed by atoms with Gasteiger partial charge in [-0.3, -0.25) is 0 Å². The quantitative estimate of drug-likeness (QED) is 0.772. The standard InChI is InChI=1S/C11H12N3O2.In.H/c1-4-16-11(15)9-6-12-14-8(3)5-7(2)13-10(9)14;;/h5-6H,2,4H2,1,3H3;;. The summed E-state index contributed by atoms with van der Waals surface area (Å²) in [6.45, 7) is 4.10. The summed E-state index contributed by atoms with van der Waals surface area (Å²) < 4.78 is 7.66. The zero-order valence-electron chi connectivity index (χ0n) is 9.93. The molecule has 0 bridgehead atoms. The number of esters is 1. The number of aryl methyl sites for hydroxylation is 1. The van der Waals surface area contributed by atoms with Crippen LogP contribution < -0.4 is 0 Å². The summed E-state index contributed by atoms with van der Waals surface area (Å²) in [5, 5.41) is 4.16. The van der Waals surface area contributed by atoms with E-state index in [0.29, 0.717) is 17.8 Å². The molecule has 0 fully saturated rings. The summed E-state index contributed by atoms with van der Waals surface area (Å²) in [5.41, 5.74) is 3.05. The molecule has 0 saturated heterocycles. The Bertz CT molecular complexity index is 565. The van der Waals surface area contributed by atoms with Gasteiger partial charge in [0.05, 0.1) is 0 Å². The van der Waals surface area contributed by atoms with Crippen molar-refractivity contribution in [3.63, 3.8) is 0 Å². The van der Waals surface area contributed by atoms with Gasteiger partial charge >= 0.3 is 114 Å². The van der Waals surface area contributed by atoms with Gasteiger partial charge in [0.2, 0.25) is 0 Å². The van der Waals surface area contributed by atoms with Crippen molar-refractivity contribution in [3.8, 4) is 0 Å². The first kappa shape index (κ1) is 12.4. The van der Waals surface area contributed by atoms with E-state index in [4.69, 9.17) is 4.74 Å². The number of ether oxygens (including phenoxy) is 1. The van der Waals surface area contributed by atoms with Gasteiger partial charge in [0, 0.05) is 0 Å². The molecular formula is C11H13InN3O2. The van der Waals surface area contributed by atoms with Gasteiger partial charge < -0.3 is 0 Å². The average Bonchev–Trinajstić information content (AvgIpc) is 2.73. The van der Waals surface area contributed by atoms with Crippen molar-refractivity contribution in [1.29, 1.82) is 0 Å². The van der Waals surface area contributed by atoms with E-state index in [9.17, 15) is 4.79 Å². The maximum atomic E-state index is 11.7. The van der Waals surface area contributed by atoms with Crippen LogP contribution in [0.4, 0.5) is 0 Å². The Morgan fingerprint density at radius 2 is 2.35 bits per heavy atom. The third kappa shape index (κ3) is 2.31. The molecule has 2 aromatic rings. The molecule has 0 aliphatic rings. The van der Waals surface area contributed by atoms with Gasteiger partial charge in [-0.1, -0.05) is 0 Å². The molecule has 17 heavy (non-hydrogen) atoms. The zero-order valence-corrected chi connectivity index (χ0v) is 14.0. The van der Waals surface area contributed by atoms with Crippen molar-refractivity contribution >= 4 is 36.0 Å². The Morgan fingerprint density at radius 1 is 1.59 bits per heavy atom. The normalized spacial score (nSPS) is 10.7. The Balaban J connectivity index is 2.58. The maximum absolute atomic E-state index is 11.7. The second kappa shape index (κ2) is 5.08. The molecule has 0 aromatic carbocycles. The van der Waals surface area contributed by atoms with Gasteiger partial charge in [0.15, 0.2) is 0 Å². The van der Waals surface area contributed by atoms with Crippen molar-refractivity contribution in [3.05, 3.63) is 29.2 Å². The number of carbonyl (C=O) groups excluding carboxylic acids is 1. The molecule has 2 heterocycles. The molecule has 0 unspecified atom stereocenters. The molecule has 0 atom stereocenters. The van der Waals surface area contributed by atoms with Crippen molar-refractivity contribution in [2.24, 2.45) is 0 Å². The number of fused-ring (bicyclic) bond motifs is 1. The van der Waals surface area contributed by atoms with Crippen LogP contribution in [-0.4, -0.2) is 51.5 Å². The van der Waals surface area contributed by atoms with Crippen LogP contribution in [0, 0.1) is 6.92 Å². The molecule has 0 aliphatic heterocycles. The van der Waals surface area contributed by atoms with Crippen molar-refractivity contribution < 1.29 is 9.53 Å². The summed E-state index contributed by atoms with van der Waals surface area (Å²) in [5.74, 6) is -0.359. The summed E-state index contributed by atoms with van der Waals surface area (Å²) >= 11 is 0.827. The van der Waals surface area contributed by atoms with Crippen molar-refractivity contribution in [2.75, 3.05) is 6.61 Å². The van der Waals surface area contributed by atoms with E-state index in [1.54, 1.807) is 11.4 Å². The minimum atomic E-state index is -0.359. The number of hydrogen-bond donors (Lipinski definition) is 0. The van der Waals surface area contributed by atoms with Gasteiger partial charge in [-0.15, -0.1) is 0 Å². The fourth-order valence-corrected chi connectivity index (χ4v) is 2.39. The first-order chi connectivity index (χ1) is 8.17. The molecule has 0 spiro atoms. The van der Waals surface area contributed by atoms with Crippen molar-refractivity contribution in [1.82, 2.24) is 14.6 Å². The number of nitrogens with zero attached hydrogens (tertiary/aromatic N) is 3. The summed E-state index contributed by atoms with van der Waals surface area (Å²) in [6.07, 6.45) is 1.52. The van der Waals surface area contributed by atoms with E-state index in [1.165, 1.54) is 6.20 Å². The monoisotopic (exact) mass is 334 g/mol. The van der Waals surface area contributed by atoms with E-state index >= 15 is 0 Å². The number of aromatic nitrogens is 3. The molecule has 0 aliphatic carbocycles. The number of carbonyl (C=O) groups is 1. The number of rotatable bonds is 3. The molecule has 5 nitrogen and oxygen atoms in total. The van der Waals surface area contributed by atoms with Crippen LogP contribution >= 0.6 is 0 Å². The fraction of sp³-hybridized carbons (Fsp3) is 0.364. The van der Waals surface area contributed by atoms with Crippen LogP contribution in [0.15, 0.2) is 12.3 Å². The van der Waals surface area contributed by atoms with E-state index in [1.807, 2.05) is 13.0 Å². The second-order valence-electron chi connectivity index (χ2n) is 3.65. The van der Waals surface area contributed by atoms with Crippen LogP contribution in [0.1, 0.15) is 28.7 Å². The van der Waals surface area contributed by atoms with Crippen LogP contribution in [0.5, 0.6) is 0 Å². The van der Waals surface area contributed by atoms with Crippen LogP contribution in [0.2, 0.25) is 0 Å². The van der Waals surface area contributed by atoms with E-state index in [-0.39, 0.29) is 5.97 Å². The minimum absolute atomic E-state index is 0.358. The van der Waals surface area contributed by atoms with E-state index in [2.05, 4.69) is 10.1 Å². The number of hydrogen-bond acceptors (Lipinski definition) is 4. The first-order valence-electron chi connectivity index (χ1n) is 5.48. The predicted molar refractivity (Wildman–Crippen MR) is 64.5 cm³/mol. The third-order valence-corrected chi connectivity index (χ3v) is 3.92. The van der Waals surface area contributed by atoms with E-state index in [0.717, 1.165) is 39.9 Å². The van der Waals surface area contributed by atoms with E-state index < -0.39 is 0 Å². The Hall–Kier alpha value is -1.04. The molecule has 2 aromatic heterocycles. The molecule has 2 rings (SSSR count). The second-order valence-corrected chi connectivity index (χ2v) is 5.08. The summed E-state index contributed by atoms with van der Waals surface area (Å²) in [4.78, 5) is 16.2. The van der Waals surface area contributed by atoms with Crippen molar-refractivity contribution in [2.45, 2.75) is 18.0 Å². The molecule has 0 amide bonds. The topological polar surface area (TPSA) is 56.5 Å². The van der Waals surface area contributed by atoms with Crippen LogP contribution in [0.25, 0.3) is 5.65 Å². The third-order valence-electron chi connectivity index (χ3n) is 2.45. The van der Waals surface area contributed by atoms with Crippen LogP contribution in [-0.2, 0) is 8.91 Å². The van der Waals surface area contributed by atoms with Gasteiger partial charge in [-0.2, -0.15) is 0 Å². The predicted octanol–water partition coefficient (Wildman–Crippen LogP) is 0.615. The first-order valence-corrected chi connectivity index (χ1v) is 8.33. The molecule has 6 heteroatoms. The summed E-state index contributed by atoms with van der Waals surface area (Å²) in [6, 6.07) is 2.01. The fourth-order valence-electron chi connectivity index (χ4n) is 1.66. The van der Waals surface area contributed by atoms with Gasteiger partial charge in [0.1, 0.15) is 0 Å². The molecule has 0 N–H and O–H groups in total. The molecule has 87 valence electrons. The van der Waals surface area contributed by atoms with Crippen LogP contribution in [0.3, 0.4) is 0 Å². The van der Waals surface area contributed by atoms with Gasteiger partial charge in [-0.25, -0.2) is 0 Å². The van der Waals surface area contributed by atoms with Gasteiger partial charge in [-0.05, 0) is 0 Å².